The third-order valence-electron chi connectivity index (χ3n) is 10.3. The number of ether oxygens (including phenoxy) is 2. The summed E-state index contributed by atoms with van der Waals surface area (Å²) in [6, 6.07) is 0. The van der Waals surface area contributed by atoms with E-state index in [0.717, 1.165) is 51.0 Å². The smallest absolute Gasteiger partial charge is 0.462 e. The average molecular weight is 909 g/mol. The number of carbonyl (C=O) groups excluding carboxylic acids is 2. The van der Waals surface area contributed by atoms with Crippen molar-refractivity contribution in [1.29, 1.82) is 0 Å². The highest BCUT2D eigenvalue weighted by atomic mass is 31.2. The van der Waals surface area contributed by atoms with Crippen molar-refractivity contribution >= 4 is 19.8 Å². The van der Waals surface area contributed by atoms with Crippen molar-refractivity contribution in [2.24, 2.45) is 0 Å². The lowest BCUT2D eigenvalue weighted by Gasteiger charge is -2.41. The van der Waals surface area contributed by atoms with Crippen LogP contribution < -0.4 is 0 Å². The van der Waals surface area contributed by atoms with E-state index in [1.54, 1.807) is 6.08 Å². The molecule has 1 aliphatic rings. The number of unbranched alkanes of at least 4 members (excludes halogenated alkanes) is 14. The minimum Gasteiger partial charge on any atom is -0.462 e. The third-order valence-corrected chi connectivity index (χ3v) is 11.3. The summed E-state index contributed by atoms with van der Waals surface area (Å²) in [6.45, 7) is 3.10. The number of esters is 2. The van der Waals surface area contributed by atoms with Crippen molar-refractivity contribution in [2.75, 3.05) is 13.2 Å². The Morgan fingerprint density at radius 2 is 0.968 bits per heavy atom. The molecule has 1 fully saturated rings. The van der Waals surface area contributed by atoms with Gasteiger partial charge in [-0.2, -0.15) is 0 Å². The molecule has 0 aromatic carbocycles. The zero-order valence-electron chi connectivity index (χ0n) is 38.1. The predicted molar refractivity (Wildman–Crippen MR) is 248 cm³/mol. The lowest BCUT2D eigenvalue weighted by Crippen LogP contribution is -2.64. The first kappa shape index (κ1) is 58.0. The molecule has 1 saturated carbocycles. The number of aliphatic hydroxyl groups is 5. The first-order chi connectivity index (χ1) is 30.4. The number of carbonyl (C=O) groups is 2. The third kappa shape index (κ3) is 30.7. The van der Waals surface area contributed by atoms with E-state index in [-0.39, 0.29) is 6.42 Å². The Bertz CT molecular complexity index is 1420. The van der Waals surface area contributed by atoms with Gasteiger partial charge in [-0.25, -0.2) is 9.36 Å². The first-order valence-corrected chi connectivity index (χ1v) is 24.9. The van der Waals surface area contributed by atoms with Crippen LogP contribution in [0.15, 0.2) is 85.1 Å². The van der Waals surface area contributed by atoms with Gasteiger partial charge in [0.25, 0.3) is 0 Å². The standard InChI is InChI=1S/C49H81O13P/c1-3-5-7-9-11-13-15-17-19-20-21-22-24-25-27-29-31-33-35-37-42(50)59-39-41(40-60-63(57,58)62-49-47(55)45(53)44(52)46(54)48(49)56)61-43(51)38-36-34-32-30-28-26-23-18-16-14-12-10-8-6-4-2/h11,13,17,19,21-22,25,27,31-34,36,38,41,44-49,52-56H,3-10,12,14-16,18,20,23-24,26,28-30,35,37,39-40H2,1-2H3,(H,57,58)/b13-11+,19-17+,22-21+,27-25+,33-31+,34-32+,38-36+/t41-,44?,45-,46?,47?,48?,49?/m0/s1. The van der Waals surface area contributed by atoms with Gasteiger partial charge in [-0.15, -0.1) is 0 Å². The van der Waals surface area contributed by atoms with E-state index in [2.05, 4.69) is 56.4 Å². The van der Waals surface area contributed by atoms with Crippen LogP contribution in [0.5, 0.6) is 0 Å². The van der Waals surface area contributed by atoms with E-state index in [1.807, 2.05) is 24.3 Å². The monoisotopic (exact) mass is 909 g/mol. The van der Waals surface area contributed by atoms with Crippen LogP contribution in [0.25, 0.3) is 0 Å². The predicted octanol–water partition coefficient (Wildman–Crippen LogP) is 9.28. The summed E-state index contributed by atoms with van der Waals surface area (Å²) in [7, 11) is -5.16. The molecule has 360 valence electrons. The van der Waals surface area contributed by atoms with E-state index in [1.165, 1.54) is 83.1 Å². The molecule has 0 radical (unpaired) electrons. The van der Waals surface area contributed by atoms with Crippen LogP contribution in [0.3, 0.4) is 0 Å². The highest BCUT2D eigenvalue weighted by Crippen LogP contribution is 2.47. The van der Waals surface area contributed by atoms with Crippen LogP contribution >= 0.6 is 7.82 Å². The highest BCUT2D eigenvalue weighted by Gasteiger charge is 2.51. The number of phosphoric ester groups is 1. The fourth-order valence-electron chi connectivity index (χ4n) is 6.53. The maximum atomic E-state index is 12.8. The van der Waals surface area contributed by atoms with Crippen LogP contribution in [0.2, 0.25) is 0 Å². The first-order valence-electron chi connectivity index (χ1n) is 23.4. The molecule has 0 aromatic rings. The van der Waals surface area contributed by atoms with E-state index in [0.29, 0.717) is 12.8 Å². The molecule has 6 unspecified atom stereocenters. The summed E-state index contributed by atoms with van der Waals surface area (Å²) in [5, 5.41) is 50.1. The molecule has 13 nitrogen and oxygen atoms in total. The van der Waals surface area contributed by atoms with Crippen molar-refractivity contribution in [1.82, 2.24) is 0 Å². The fraction of sp³-hybridized carbons (Fsp3) is 0.673. The summed E-state index contributed by atoms with van der Waals surface area (Å²) >= 11 is 0. The molecule has 0 heterocycles. The van der Waals surface area contributed by atoms with Crippen LogP contribution in [0.4, 0.5) is 0 Å². The van der Waals surface area contributed by atoms with E-state index in [4.69, 9.17) is 18.5 Å². The summed E-state index contributed by atoms with van der Waals surface area (Å²) in [5.41, 5.74) is 0. The SMILES string of the molecule is CCCCC/C=C/C/C=C/C/C=C/C/C=C/C/C=C/CCC(=O)OC[C@@H](COP(=O)(O)OC1C(O)C(O)C(O)[C@H](O)C1O)OC(=O)/C=C/C=C/CCCCCCCCCCCCC. The maximum Gasteiger partial charge on any atom is 0.472 e. The quantitative estimate of drug-likeness (QED) is 0.00859. The van der Waals surface area contributed by atoms with Crippen molar-refractivity contribution in [2.45, 2.75) is 198 Å². The minimum absolute atomic E-state index is 0.0199. The molecular formula is C49H81O13P. The number of aliphatic hydroxyl groups excluding tert-OH is 5. The Kier molecular flexibility index (Phi) is 35.3. The normalized spacial score (nSPS) is 22.5. The second kappa shape index (κ2) is 38.3. The topological polar surface area (TPSA) is 210 Å². The molecule has 0 amide bonds. The van der Waals surface area contributed by atoms with Crippen LogP contribution in [0.1, 0.15) is 155 Å². The highest BCUT2D eigenvalue weighted by molar-refractivity contribution is 7.47. The van der Waals surface area contributed by atoms with Gasteiger partial charge in [-0.05, 0) is 57.8 Å². The molecule has 0 aromatic heterocycles. The van der Waals surface area contributed by atoms with Crippen molar-refractivity contribution < 1.29 is 63.1 Å². The Hall–Kier alpha value is -2.97. The van der Waals surface area contributed by atoms with Gasteiger partial charge in [0.05, 0.1) is 6.61 Å². The second-order valence-corrected chi connectivity index (χ2v) is 17.4. The van der Waals surface area contributed by atoms with Gasteiger partial charge in [0.1, 0.15) is 43.2 Å². The molecule has 0 saturated heterocycles. The number of phosphoric acid groups is 1. The number of hydrogen-bond acceptors (Lipinski definition) is 12. The van der Waals surface area contributed by atoms with Gasteiger partial charge in [-0.3, -0.25) is 13.8 Å². The molecule has 0 bridgehead atoms. The number of rotatable bonds is 37. The zero-order chi connectivity index (χ0) is 46.4. The van der Waals surface area contributed by atoms with Crippen LogP contribution in [-0.2, 0) is 32.7 Å². The van der Waals surface area contributed by atoms with Gasteiger partial charge in [-0.1, -0.05) is 170 Å². The molecule has 14 heteroatoms. The van der Waals surface area contributed by atoms with E-state index < -0.39 is 75.7 Å². The molecule has 0 aliphatic heterocycles. The van der Waals surface area contributed by atoms with Gasteiger partial charge < -0.3 is 39.9 Å². The maximum absolute atomic E-state index is 12.8. The van der Waals surface area contributed by atoms with Crippen molar-refractivity contribution in [3.8, 4) is 0 Å². The lowest BCUT2D eigenvalue weighted by atomic mass is 9.85. The number of allylic oxidation sites excluding steroid dienone is 13. The Morgan fingerprint density at radius 3 is 1.51 bits per heavy atom. The summed E-state index contributed by atoms with van der Waals surface area (Å²) in [4.78, 5) is 35.5. The van der Waals surface area contributed by atoms with E-state index >= 15 is 0 Å². The largest absolute Gasteiger partial charge is 0.472 e. The Labute approximate surface area is 378 Å². The molecular weight excluding hydrogens is 827 g/mol. The molecule has 1 aliphatic carbocycles. The molecule has 1 rings (SSSR count). The average Bonchev–Trinajstić information content (AvgIpc) is 3.26. The minimum atomic E-state index is -5.16. The Balaban J connectivity index is 2.56. The van der Waals surface area contributed by atoms with Crippen LogP contribution in [0, 0.1) is 0 Å². The van der Waals surface area contributed by atoms with Crippen molar-refractivity contribution in [3.05, 3.63) is 85.1 Å². The zero-order valence-corrected chi connectivity index (χ0v) is 39.0. The molecule has 8 atom stereocenters. The molecule has 0 spiro atoms. The summed E-state index contributed by atoms with van der Waals surface area (Å²) in [6.07, 6.45) is 37.1. The fourth-order valence-corrected chi connectivity index (χ4v) is 7.50. The second-order valence-electron chi connectivity index (χ2n) is 16.0. The Morgan fingerprint density at radius 1 is 0.540 bits per heavy atom. The lowest BCUT2D eigenvalue weighted by molar-refractivity contribution is -0.220. The van der Waals surface area contributed by atoms with Gasteiger partial charge >= 0.3 is 19.8 Å². The van der Waals surface area contributed by atoms with Gasteiger partial charge in [0, 0.05) is 12.5 Å². The number of hydrogen-bond donors (Lipinski definition) is 6. The van der Waals surface area contributed by atoms with Gasteiger partial charge in [0.15, 0.2) is 6.10 Å². The molecule has 63 heavy (non-hydrogen) atoms. The van der Waals surface area contributed by atoms with Crippen molar-refractivity contribution in [3.63, 3.8) is 0 Å². The van der Waals surface area contributed by atoms with E-state index in [9.17, 15) is 44.6 Å². The van der Waals surface area contributed by atoms with Crippen LogP contribution in [-0.4, -0.2) is 98.3 Å². The summed E-state index contributed by atoms with van der Waals surface area (Å²) in [5.74, 6) is -1.46. The van der Waals surface area contributed by atoms with Gasteiger partial charge in [0.2, 0.25) is 0 Å². The summed E-state index contributed by atoms with van der Waals surface area (Å²) < 4.78 is 33.2. The molecule has 6 N–H and O–H groups in total.